The van der Waals surface area contributed by atoms with Crippen molar-refractivity contribution in [1.82, 2.24) is 4.31 Å². The summed E-state index contributed by atoms with van der Waals surface area (Å²) in [5.41, 5.74) is 0.153. The van der Waals surface area contributed by atoms with Gasteiger partial charge in [-0.15, -0.1) is 0 Å². The molecular weight excluding hydrogens is 282 g/mol. The highest BCUT2D eigenvalue weighted by atomic mass is 32.2. The van der Waals surface area contributed by atoms with Crippen LogP contribution in [0.2, 0.25) is 0 Å². The molecule has 0 atom stereocenters. The number of sulfonamides is 1. The minimum absolute atomic E-state index is 0.240. The molecule has 0 amide bonds. The number of nitrogens with one attached hydrogen (secondary N) is 1. The molecule has 1 aromatic carbocycles. The first-order valence-electron chi connectivity index (χ1n) is 6.43. The van der Waals surface area contributed by atoms with Crippen LogP contribution in [0.15, 0.2) is 23.1 Å². The number of hydrogen-bond donors (Lipinski definition) is 1. The monoisotopic (exact) mass is 299 g/mol. The van der Waals surface area contributed by atoms with Gasteiger partial charge in [-0.3, -0.25) is 10.1 Å². The van der Waals surface area contributed by atoms with Gasteiger partial charge in [0.05, 0.1) is 4.92 Å². The molecule has 0 aromatic heterocycles. The molecule has 110 valence electrons. The fourth-order valence-corrected chi connectivity index (χ4v) is 3.97. The van der Waals surface area contributed by atoms with Crippen LogP contribution < -0.4 is 5.32 Å². The topological polar surface area (TPSA) is 92.5 Å². The van der Waals surface area contributed by atoms with Crippen molar-refractivity contribution in [2.24, 2.45) is 0 Å². The van der Waals surface area contributed by atoms with Crippen molar-refractivity contribution in [2.45, 2.75) is 24.2 Å². The number of nitrogens with zero attached hydrogens (tertiary/aromatic N) is 2. The highest BCUT2D eigenvalue weighted by Crippen LogP contribution is 2.30. The number of nitro groups is 1. The molecule has 0 unspecified atom stereocenters. The van der Waals surface area contributed by atoms with Crippen molar-refractivity contribution in [2.75, 3.05) is 25.5 Å². The van der Waals surface area contributed by atoms with Gasteiger partial charge in [0.2, 0.25) is 10.0 Å². The first kappa shape index (κ1) is 14.7. The fraction of sp³-hybridized carbons (Fsp3) is 0.500. The number of rotatable bonds is 4. The van der Waals surface area contributed by atoms with Crippen LogP contribution in [0.4, 0.5) is 11.4 Å². The summed E-state index contributed by atoms with van der Waals surface area (Å²) < 4.78 is 26.5. The van der Waals surface area contributed by atoms with E-state index in [0.29, 0.717) is 18.8 Å². The Morgan fingerprint density at radius 1 is 1.25 bits per heavy atom. The highest BCUT2D eigenvalue weighted by Gasteiger charge is 2.32. The van der Waals surface area contributed by atoms with Crippen LogP contribution in [-0.2, 0) is 10.0 Å². The molecule has 1 aromatic rings. The molecule has 0 aliphatic carbocycles. The minimum atomic E-state index is -3.82. The molecule has 1 fully saturated rings. The number of anilines is 1. The van der Waals surface area contributed by atoms with Crippen LogP contribution in [0.25, 0.3) is 0 Å². The summed E-state index contributed by atoms with van der Waals surface area (Å²) in [6.45, 7) is 0.840. The summed E-state index contributed by atoms with van der Waals surface area (Å²) in [7, 11) is -2.18. The van der Waals surface area contributed by atoms with Gasteiger partial charge in [0.15, 0.2) is 4.90 Å². The summed E-state index contributed by atoms with van der Waals surface area (Å²) >= 11 is 0. The Morgan fingerprint density at radius 3 is 2.45 bits per heavy atom. The maximum atomic E-state index is 12.6. The maximum Gasteiger partial charge on any atom is 0.289 e. The second kappa shape index (κ2) is 5.76. The Morgan fingerprint density at radius 2 is 1.90 bits per heavy atom. The first-order chi connectivity index (χ1) is 9.46. The standard InChI is InChI=1S/C12H17N3O4S/c1-13-10-5-6-11(15(16)17)12(9-10)20(18,19)14-7-3-2-4-8-14/h5-6,9,13H,2-4,7-8H2,1H3. The van der Waals surface area contributed by atoms with Crippen LogP contribution in [0.1, 0.15) is 19.3 Å². The zero-order chi connectivity index (χ0) is 14.8. The lowest BCUT2D eigenvalue weighted by molar-refractivity contribution is -0.387. The van der Waals surface area contributed by atoms with Crippen LogP contribution in [0, 0.1) is 10.1 Å². The Kier molecular flexibility index (Phi) is 4.24. The second-order valence-electron chi connectivity index (χ2n) is 4.65. The minimum Gasteiger partial charge on any atom is -0.388 e. The fourth-order valence-electron chi connectivity index (χ4n) is 2.27. The van der Waals surface area contributed by atoms with E-state index in [0.717, 1.165) is 19.3 Å². The van der Waals surface area contributed by atoms with Crippen molar-refractivity contribution in [3.05, 3.63) is 28.3 Å². The van der Waals surface area contributed by atoms with E-state index in [9.17, 15) is 18.5 Å². The SMILES string of the molecule is CNc1ccc([N+](=O)[O-])c(S(=O)(=O)N2CCCCC2)c1. The Bertz CT molecular complexity index is 609. The van der Waals surface area contributed by atoms with Crippen molar-refractivity contribution < 1.29 is 13.3 Å². The maximum absolute atomic E-state index is 12.6. The highest BCUT2D eigenvalue weighted by molar-refractivity contribution is 7.89. The van der Waals surface area contributed by atoms with Crippen LogP contribution in [0.3, 0.4) is 0 Å². The number of piperidine rings is 1. The molecular formula is C12H17N3O4S. The lowest BCUT2D eigenvalue weighted by atomic mass is 10.2. The predicted octanol–water partition coefficient (Wildman–Crippen LogP) is 1.81. The molecule has 20 heavy (non-hydrogen) atoms. The van der Waals surface area contributed by atoms with Gasteiger partial charge >= 0.3 is 0 Å². The van der Waals surface area contributed by atoms with Crippen molar-refractivity contribution in [1.29, 1.82) is 0 Å². The normalized spacial score (nSPS) is 16.9. The summed E-state index contributed by atoms with van der Waals surface area (Å²) in [6, 6.07) is 4.04. The second-order valence-corrected chi connectivity index (χ2v) is 6.56. The Balaban J connectivity index is 2.50. The molecule has 1 saturated heterocycles. The Labute approximate surface area is 117 Å². The first-order valence-corrected chi connectivity index (χ1v) is 7.87. The number of hydrogen-bond acceptors (Lipinski definition) is 5. The molecule has 0 radical (unpaired) electrons. The molecule has 7 nitrogen and oxygen atoms in total. The van der Waals surface area contributed by atoms with Crippen molar-refractivity contribution >= 4 is 21.4 Å². The van der Waals surface area contributed by atoms with E-state index >= 15 is 0 Å². The third-order valence-electron chi connectivity index (χ3n) is 3.38. The van der Waals surface area contributed by atoms with Gasteiger partial charge in [0, 0.05) is 31.9 Å². The lowest BCUT2D eigenvalue weighted by Crippen LogP contribution is -2.35. The third-order valence-corrected chi connectivity index (χ3v) is 5.31. The van der Waals surface area contributed by atoms with E-state index in [-0.39, 0.29) is 10.6 Å². The smallest absolute Gasteiger partial charge is 0.289 e. The summed E-state index contributed by atoms with van der Waals surface area (Å²) in [5, 5.41) is 13.9. The van der Waals surface area contributed by atoms with Crippen molar-refractivity contribution in [3.63, 3.8) is 0 Å². The van der Waals surface area contributed by atoms with Crippen molar-refractivity contribution in [3.8, 4) is 0 Å². The zero-order valence-corrected chi connectivity index (χ0v) is 12.0. The molecule has 1 aliphatic rings. The van der Waals surface area contributed by atoms with Gasteiger partial charge in [-0.1, -0.05) is 6.42 Å². The van der Waals surface area contributed by atoms with E-state index in [1.165, 1.54) is 22.5 Å². The van der Waals surface area contributed by atoms with E-state index in [1.807, 2.05) is 0 Å². The van der Waals surface area contributed by atoms with Crippen LogP contribution in [0.5, 0.6) is 0 Å². The van der Waals surface area contributed by atoms with Gasteiger partial charge in [0.25, 0.3) is 5.69 Å². The molecule has 0 saturated carbocycles. The summed E-state index contributed by atoms with van der Waals surface area (Å²) in [5.74, 6) is 0. The van der Waals surface area contributed by atoms with Gasteiger partial charge < -0.3 is 5.32 Å². The molecule has 1 heterocycles. The van der Waals surface area contributed by atoms with E-state index < -0.39 is 14.9 Å². The van der Waals surface area contributed by atoms with E-state index in [2.05, 4.69) is 5.32 Å². The quantitative estimate of drug-likeness (QED) is 0.676. The molecule has 0 bridgehead atoms. The zero-order valence-electron chi connectivity index (χ0n) is 11.2. The largest absolute Gasteiger partial charge is 0.388 e. The van der Waals surface area contributed by atoms with Gasteiger partial charge in [0.1, 0.15) is 0 Å². The molecule has 2 rings (SSSR count). The van der Waals surface area contributed by atoms with Gasteiger partial charge in [-0.2, -0.15) is 4.31 Å². The Hall–Kier alpha value is -1.67. The average molecular weight is 299 g/mol. The van der Waals surface area contributed by atoms with Gasteiger partial charge in [-0.25, -0.2) is 8.42 Å². The molecule has 1 N–H and O–H groups in total. The molecule has 8 heteroatoms. The molecule has 1 aliphatic heterocycles. The third kappa shape index (κ3) is 2.75. The summed E-state index contributed by atoms with van der Waals surface area (Å²) in [6.07, 6.45) is 2.57. The van der Waals surface area contributed by atoms with E-state index in [4.69, 9.17) is 0 Å². The predicted molar refractivity (Wildman–Crippen MR) is 75.3 cm³/mol. The van der Waals surface area contributed by atoms with E-state index in [1.54, 1.807) is 7.05 Å². The molecule has 0 spiro atoms. The van der Waals surface area contributed by atoms with Crippen LogP contribution in [-0.4, -0.2) is 37.8 Å². The average Bonchev–Trinajstić information content (AvgIpc) is 2.47. The van der Waals surface area contributed by atoms with Crippen LogP contribution >= 0.6 is 0 Å². The number of benzene rings is 1. The lowest BCUT2D eigenvalue weighted by Gasteiger charge is -2.25. The summed E-state index contributed by atoms with van der Waals surface area (Å²) in [4.78, 5) is 10.2. The number of nitro benzene ring substituents is 1. The van der Waals surface area contributed by atoms with Gasteiger partial charge in [-0.05, 0) is 25.0 Å².